The smallest absolute Gasteiger partial charge is 0.322 e. The van der Waals surface area contributed by atoms with Crippen molar-refractivity contribution in [2.24, 2.45) is 0 Å². The van der Waals surface area contributed by atoms with E-state index in [0.717, 1.165) is 11.0 Å². The third-order valence-corrected chi connectivity index (χ3v) is 3.68. The normalized spacial score (nSPS) is 11.9. The maximum absolute atomic E-state index is 12.2. The second-order valence-electron chi connectivity index (χ2n) is 4.43. The maximum Gasteiger partial charge on any atom is 0.329 e. The van der Waals surface area contributed by atoms with E-state index in [1.807, 2.05) is 13.8 Å². The van der Waals surface area contributed by atoms with E-state index < -0.39 is 9.70 Å². The van der Waals surface area contributed by atoms with Crippen LogP contribution in [0.15, 0.2) is 23.0 Å². The first-order chi connectivity index (χ1) is 9.79. The summed E-state index contributed by atoms with van der Waals surface area (Å²) < 4.78 is 1.26. The van der Waals surface area contributed by atoms with Crippen LogP contribution in [0, 0.1) is 0 Å². The van der Waals surface area contributed by atoms with E-state index in [4.69, 9.17) is 34.8 Å². The summed E-state index contributed by atoms with van der Waals surface area (Å²) in [7, 11) is 0. The predicted octanol–water partition coefficient (Wildman–Crippen LogP) is 3.15. The van der Waals surface area contributed by atoms with Crippen LogP contribution in [0.3, 0.4) is 0 Å². The van der Waals surface area contributed by atoms with Crippen LogP contribution in [0.2, 0.25) is 0 Å². The first-order valence-corrected chi connectivity index (χ1v) is 7.54. The number of imidazole rings is 1. The molecular weight excluding hydrogens is 337 g/mol. The number of carbonyl (C=O) groups excluding carboxylic acids is 1. The van der Waals surface area contributed by atoms with Crippen molar-refractivity contribution in [1.29, 1.82) is 0 Å². The van der Waals surface area contributed by atoms with Gasteiger partial charge in [-0.2, -0.15) is 0 Å². The summed E-state index contributed by atoms with van der Waals surface area (Å²) in [5, 5.41) is 2.51. The van der Waals surface area contributed by atoms with Crippen molar-refractivity contribution in [3.8, 4) is 0 Å². The molecule has 1 N–H and O–H groups in total. The zero-order valence-electron chi connectivity index (χ0n) is 11.5. The Hall–Kier alpha value is -1.17. The van der Waals surface area contributed by atoms with Crippen LogP contribution in [-0.4, -0.2) is 18.8 Å². The van der Waals surface area contributed by atoms with E-state index in [1.165, 1.54) is 0 Å². The molecule has 0 fully saturated rings. The fourth-order valence-electron chi connectivity index (χ4n) is 2.21. The molecule has 0 unspecified atom stereocenters. The van der Waals surface area contributed by atoms with Gasteiger partial charge < -0.3 is 5.32 Å². The van der Waals surface area contributed by atoms with Gasteiger partial charge >= 0.3 is 5.69 Å². The Bertz CT molecular complexity index is 743. The summed E-state index contributed by atoms with van der Waals surface area (Å²) in [6.45, 7) is 4.89. The molecule has 1 aromatic heterocycles. The van der Waals surface area contributed by atoms with Gasteiger partial charge in [-0.3, -0.25) is 13.9 Å². The van der Waals surface area contributed by atoms with E-state index in [0.29, 0.717) is 18.8 Å². The number of halogens is 3. The molecule has 0 radical (unpaired) electrons. The van der Waals surface area contributed by atoms with Crippen LogP contribution in [0.5, 0.6) is 0 Å². The van der Waals surface area contributed by atoms with E-state index in [2.05, 4.69) is 5.32 Å². The molecule has 2 aromatic rings. The van der Waals surface area contributed by atoms with Gasteiger partial charge in [0.2, 0.25) is 0 Å². The molecule has 0 saturated carbocycles. The summed E-state index contributed by atoms with van der Waals surface area (Å²) in [5.41, 5.74) is 1.91. The molecule has 1 amide bonds. The Morgan fingerprint density at radius 2 is 1.71 bits per heavy atom. The number of anilines is 1. The van der Waals surface area contributed by atoms with E-state index in [1.54, 1.807) is 27.3 Å². The topological polar surface area (TPSA) is 56.0 Å². The first-order valence-electron chi connectivity index (χ1n) is 6.40. The molecule has 0 bridgehead atoms. The molecule has 1 aromatic carbocycles. The number of aryl methyl sites for hydroxylation is 2. The highest BCUT2D eigenvalue weighted by atomic mass is 35.6. The summed E-state index contributed by atoms with van der Waals surface area (Å²) >= 11 is 16.6. The monoisotopic (exact) mass is 349 g/mol. The fraction of sp³-hybridized carbons (Fsp3) is 0.385. The lowest BCUT2D eigenvalue weighted by Crippen LogP contribution is -2.26. The predicted molar refractivity (Wildman–Crippen MR) is 86.5 cm³/mol. The molecule has 0 aliphatic rings. The highest BCUT2D eigenvalue weighted by Crippen LogP contribution is 2.28. The number of alkyl halides is 3. The van der Waals surface area contributed by atoms with Crippen LogP contribution in [0.25, 0.3) is 11.0 Å². The van der Waals surface area contributed by atoms with Gasteiger partial charge in [0, 0.05) is 18.8 Å². The zero-order chi connectivity index (χ0) is 15.8. The van der Waals surface area contributed by atoms with E-state index in [-0.39, 0.29) is 5.69 Å². The Labute approximate surface area is 136 Å². The molecule has 0 aliphatic heterocycles. The van der Waals surface area contributed by atoms with Crippen molar-refractivity contribution in [3.63, 3.8) is 0 Å². The summed E-state index contributed by atoms with van der Waals surface area (Å²) in [5.74, 6) is -0.743. The molecule has 0 saturated heterocycles. The number of aromatic nitrogens is 2. The summed E-state index contributed by atoms with van der Waals surface area (Å²) in [6.07, 6.45) is 0. The second-order valence-corrected chi connectivity index (χ2v) is 6.71. The number of amides is 1. The van der Waals surface area contributed by atoms with Crippen molar-refractivity contribution >= 4 is 57.4 Å². The molecule has 0 atom stereocenters. The standard InChI is InChI=1S/C13H14Cl3N3O2/c1-3-18-9-6-5-8(17-11(20)13(14,15)16)7-10(9)19(4-2)12(18)21/h5-7H,3-4H2,1-2H3,(H,17,20). The number of hydrogen-bond acceptors (Lipinski definition) is 2. The van der Waals surface area contributed by atoms with Crippen LogP contribution in [0.1, 0.15) is 13.8 Å². The minimum Gasteiger partial charge on any atom is -0.322 e. The molecule has 0 aliphatic carbocycles. The number of carbonyl (C=O) groups is 1. The van der Waals surface area contributed by atoms with Gasteiger partial charge in [0.05, 0.1) is 11.0 Å². The second kappa shape index (κ2) is 5.91. The summed E-state index contributed by atoms with van der Waals surface area (Å²) in [6, 6.07) is 5.13. The number of hydrogen-bond donors (Lipinski definition) is 1. The van der Waals surface area contributed by atoms with Crippen molar-refractivity contribution in [2.45, 2.75) is 30.7 Å². The molecule has 5 nitrogen and oxygen atoms in total. The third kappa shape index (κ3) is 3.05. The summed E-state index contributed by atoms with van der Waals surface area (Å²) in [4.78, 5) is 23.9. The minimum atomic E-state index is -2.03. The largest absolute Gasteiger partial charge is 0.329 e. The number of rotatable bonds is 3. The number of nitrogens with one attached hydrogen (secondary N) is 1. The Morgan fingerprint density at radius 1 is 1.14 bits per heavy atom. The van der Waals surface area contributed by atoms with Gasteiger partial charge in [0.25, 0.3) is 9.70 Å². The average molecular weight is 351 g/mol. The molecule has 21 heavy (non-hydrogen) atoms. The lowest BCUT2D eigenvalue weighted by molar-refractivity contribution is -0.115. The van der Waals surface area contributed by atoms with Gasteiger partial charge in [0.1, 0.15) is 0 Å². The van der Waals surface area contributed by atoms with Gasteiger partial charge in [-0.1, -0.05) is 34.8 Å². The Kier molecular flexibility index (Phi) is 4.56. The lowest BCUT2D eigenvalue weighted by Gasteiger charge is -2.11. The lowest BCUT2D eigenvalue weighted by atomic mass is 10.2. The molecule has 2 rings (SSSR count). The van der Waals surface area contributed by atoms with Crippen LogP contribution >= 0.6 is 34.8 Å². The van der Waals surface area contributed by atoms with Crippen molar-refractivity contribution < 1.29 is 4.79 Å². The number of nitrogens with zero attached hydrogens (tertiary/aromatic N) is 2. The fourth-order valence-corrected chi connectivity index (χ4v) is 2.35. The van der Waals surface area contributed by atoms with Gasteiger partial charge in [0.15, 0.2) is 0 Å². The average Bonchev–Trinajstić information content (AvgIpc) is 2.67. The molecular formula is C13H14Cl3N3O2. The Morgan fingerprint density at radius 3 is 2.24 bits per heavy atom. The first kappa shape index (κ1) is 16.2. The van der Waals surface area contributed by atoms with Crippen LogP contribution in [-0.2, 0) is 17.9 Å². The maximum atomic E-state index is 12.2. The van der Waals surface area contributed by atoms with Crippen molar-refractivity contribution in [1.82, 2.24) is 9.13 Å². The van der Waals surface area contributed by atoms with Gasteiger partial charge in [-0.05, 0) is 32.0 Å². The van der Waals surface area contributed by atoms with Gasteiger partial charge in [-0.25, -0.2) is 4.79 Å². The molecule has 8 heteroatoms. The quantitative estimate of drug-likeness (QED) is 0.865. The SMILES string of the molecule is CCn1c(=O)n(CC)c2cc(NC(=O)C(Cl)(Cl)Cl)ccc21. The molecule has 0 spiro atoms. The Balaban J connectivity index is 2.52. The third-order valence-electron chi connectivity index (χ3n) is 3.17. The minimum absolute atomic E-state index is 0.0835. The zero-order valence-corrected chi connectivity index (χ0v) is 13.8. The molecule has 114 valence electrons. The highest BCUT2D eigenvalue weighted by molar-refractivity contribution is 6.76. The highest BCUT2D eigenvalue weighted by Gasteiger charge is 2.30. The number of fused-ring (bicyclic) bond motifs is 1. The van der Waals surface area contributed by atoms with E-state index in [9.17, 15) is 9.59 Å². The van der Waals surface area contributed by atoms with Crippen LogP contribution in [0.4, 0.5) is 5.69 Å². The van der Waals surface area contributed by atoms with Crippen molar-refractivity contribution in [2.75, 3.05) is 5.32 Å². The van der Waals surface area contributed by atoms with Gasteiger partial charge in [-0.15, -0.1) is 0 Å². The van der Waals surface area contributed by atoms with Crippen LogP contribution < -0.4 is 11.0 Å². The number of benzene rings is 1. The van der Waals surface area contributed by atoms with Crippen molar-refractivity contribution in [3.05, 3.63) is 28.7 Å². The van der Waals surface area contributed by atoms with E-state index >= 15 is 0 Å². The molecule has 1 heterocycles.